The van der Waals surface area contributed by atoms with Crippen molar-refractivity contribution in [1.29, 1.82) is 0 Å². The first-order chi connectivity index (χ1) is 15.3. The predicted octanol–water partition coefficient (Wildman–Crippen LogP) is 4.20. The van der Waals surface area contributed by atoms with Gasteiger partial charge in [-0.05, 0) is 48.4 Å². The molecular formula is C24H20N6O. The monoisotopic (exact) mass is 408 g/mol. The van der Waals surface area contributed by atoms with Gasteiger partial charge in [-0.15, -0.1) is 10.2 Å². The van der Waals surface area contributed by atoms with Gasteiger partial charge in [-0.25, -0.2) is 0 Å². The second kappa shape index (κ2) is 8.31. The summed E-state index contributed by atoms with van der Waals surface area (Å²) in [5.41, 5.74) is 5.26. The van der Waals surface area contributed by atoms with Crippen LogP contribution >= 0.6 is 0 Å². The van der Waals surface area contributed by atoms with E-state index in [0.717, 1.165) is 27.9 Å². The van der Waals surface area contributed by atoms with E-state index in [-0.39, 0.29) is 0 Å². The van der Waals surface area contributed by atoms with Gasteiger partial charge >= 0.3 is 0 Å². The third-order valence-corrected chi connectivity index (χ3v) is 5.00. The van der Waals surface area contributed by atoms with Crippen LogP contribution in [0.25, 0.3) is 16.6 Å². The van der Waals surface area contributed by atoms with E-state index in [4.69, 9.17) is 4.84 Å². The number of oxime groups is 1. The summed E-state index contributed by atoms with van der Waals surface area (Å²) < 4.78 is 1.76. The molecule has 5 aromatic rings. The van der Waals surface area contributed by atoms with Gasteiger partial charge in [0.2, 0.25) is 0 Å². The average Bonchev–Trinajstić information content (AvgIpc) is 3.21. The van der Waals surface area contributed by atoms with Crippen LogP contribution < -0.4 is 0 Å². The van der Waals surface area contributed by atoms with Gasteiger partial charge in [0, 0.05) is 18.0 Å². The maximum atomic E-state index is 5.50. The van der Waals surface area contributed by atoms with Crippen molar-refractivity contribution in [2.75, 3.05) is 0 Å². The molecule has 0 unspecified atom stereocenters. The topological polar surface area (TPSA) is 77.6 Å². The fourth-order valence-corrected chi connectivity index (χ4v) is 3.38. The van der Waals surface area contributed by atoms with Gasteiger partial charge in [-0.2, -0.15) is 9.61 Å². The minimum absolute atomic E-state index is 0.412. The zero-order valence-electron chi connectivity index (χ0n) is 17.0. The van der Waals surface area contributed by atoms with Crippen molar-refractivity contribution in [1.82, 2.24) is 24.8 Å². The van der Waals surface area contributed by atoms with Crippen LogP contribution in [-0.4, -0.2) is 30.5 Å². The molecule has 0 spiro atoms. The van der Waals surface area contributed by atoms with Gasteiger partial charge < -0.3 is 4.84 Å². The van der Waals surface area contributed by atoms with Crippen LogP contribution in [0.1, 0.15) is 29.6 Å². The number of pyridine rings is 1. The Morgan fingerprint density at radius 3 is 2.74 bits per heavy atom. The van der Waals surface area contributed by atoms with Gasteiger partial charge in [-0.1, -0.05) is 47.6 Å². The third-order valence-electron chi connectivity index (χ3n) is 5.00. The second-order valence-corrected chi connectivity index (χ2v) is 7.25. The van der Waals surface area contributed by atoms with E-state index in [9.17, 15) is 0 Å². The van der Waals surface area contributed by atoms with E-state index in [1.165, 1.54) is 0 Å². The molecule has 3 heterocycles. The number of hydrogen-bond acceptors (Lipinski definition) is 6. The van der Waals surface area contributed by atoms with Crippen molar-refractivity contribution in [3.8, 4) is 0 Å². The van der Waals surface area contributed by atoms with Gasteiger partial charge in [0.05, 0.1) is 5.52 Å². The lowest BCUT2D eigenvalue weighted by Gasteiger charge is -2.05. The Morgan fingerprint density at radius 1 is 0.935 bits per heavy atom. The molecular weight excluding hydrogens is 388 g/mol. The Labute approximate surface area is 179 Å². The van der Waals surface area contributed by atoms with Crippen LogP contribution in [-0.2, 0) is 17.9 Å². The number of fused-ring (bicyclic) bond motifs is 2. The maximum absolute atomic E-state index is 5.50. The van der Waals surface area contributed by atoms with Crippen LogP contribution in [0.2, 0.25) is 0 Å². The zero-order valence-corrected chi connectivity index (χ0v) is 17.0. The molecule has 0 aliphatic heterocycles. The van der Waals surface area contributed by atoms with Crippen LogP contribution in [0.3, 0.4) is 0 Å². The summed E-state index contributed by atoms with van der Waals surface area (Å²) in [5, 5.41) is 18.6. The van der Waals surface area contributed by atoms with Crippen molar-refractivity contribution in [2.24, 2.45) is 5.16 Å². The van der Waals surface area contributed by atoms with Crippen molar-refractivity contribution in [2.45, 2.75) is 20.0 Å². The lowest BCUT2D eigenvalue weighted by Crippen LogP contribution is -2.07. The average molecular weight is 408 g/mol. The molecule has 152 valence electrons. The van der Waals surface area contributed by atoms with E-state index < -0.39 is 0 Å². The smallest absolute Gasteiger partial charge is 0.177 e. The van der Waals surface area contributed by atoms with Crippen molar-refractivity contribution >= 4 is 22.3 Å². The standard InChI is InChI=1S/C24H20N6O/c1-17(29-31-16-18-6-3-2-4-7-18)21-11-12-23-26-27-24(30(23)28-21)15-19-9-10-22-20(14-19)8-5-13-25-22/h2-14H,15-16H2,1H3. The molecule has 0 amide bonds. The summed E-state index contributed by atoms with van der Waals surface area (Å²) in [6.07, 6.45) is 2.41. The van der Waals surface area contributed by atoms with E-state index in [2.05, 4.69) is 43.6 Å². The van der Waals surface area contributed by atoms with Crippen LogP contribution in [0.15, 0.2) is 84.1 Å². The molecule has 3 aromatic heterocycles. The Kier molecular flexibility index (Phi) is 5.06. The summed E-state index contributed by atoms with van der Waals surface area (Å²) in [5.74, 6) is 0.762. The highest BCUT2D eigenvalue weighted by Gasteiger charge is 2.11. The Bertz CT molecular complexity index is 1380. The fourth-order valence-electron chi connectivity index (χ4n) is 3.38. The van der Waals surface area contributed by atoms with E-state index in [0.29, 0.717) is 30.1 Å². The van der Waals surface area contributed by atoms with Crippen LogP contribution in [0, 0.1) is 0 Å². The summed E-state index contributed by atoms with van der Waals surface area (Å²) in [7, 11) is 0. The molecule has 31 heavy (non-hydrogen) atoms. The lowest BCUT2D eigenvalue weighted by atomic mass is 10.1. The second-order valence-electron chi connectivity index (χ2n) is 7.25. The summed E-state index contributed by atoms with van der Waals surface area (Å²) in [6.45, 7) is 2.29. The molecule has 0 atom stereocenters. The Morgan fingerprint density at radius 2 is 1.84 bits per heavy atom. The highest BCUT2D eigenvalue weighted by atomic mass is 16.6. The van der Waals surface area contributed by atoms with Crippen molar-refractivity contribution in [3.05, 3.63) is 102 Å². The lowest BCUT2D eigenvalue weighted by molar-refractivity contribution is 0.130. The van der Waals surface area contributed by atoms with E-state index in [1.54, 1.807) is 10.7 Å². The van der Waals surface area contributed by atoms with E-state index in [1.807, 2.05) is 61.5 Å². The summed E-state index contributed by atoms with van der Waals surface area (Å²) in [6, 6.07) is 23.9. The van der Waals surface area contributed by atoms with E-state index >= 15 is 0 Å². The first-order valence-corrected chi connectivity index (χ1v) is 10.0. The molecule has 0 radical (unpaired) electrons. The molecule has 2 aromatic carbocycles. The molecule has 0 saturated carbocycles. The third kappa shape index (κ3) is 4.11. The number of nitrogens with zero attached hydrogens (tertiary/aromatic N) is 6. The fraction of sp³-hybridized carbons (Fsp3) is 0.125. The zero-order chi connectivity index (χ0) is 21.0. The number of aromatic nitrogens is 5. The quantitative estimate of drug-likeness (QED) is 0.311. The molecule has 0 N–H and O–H groups in total. The summed E-state index contributed by atoms with van der Waals surface area (Å²) >= 11 is 0. The molecule has 0 fully saturated rings. The van der Waals surface area contributed by atoms with Gasteiger partial charge in [0.25, 0.3) is 0 Å². The number of rotatable bonds is 6. The molecule has 0 saturated heterocycles. The summed E-state index contributed by atoms with van der Waals surface area (Å²) in [4.78, 5) is 9.87. The molecule has 0 bridgehead atoms. The minimum Gasteiger partial charge on any atom is -0.391 e. The minimum atomic E-state index is 0.412. The molecule has 5 rings (SSSR count). The van der Waals surface area contributed by atoms with Gasteiger partial charge in [0.15, 0.2) is 11.5 Å². The first-order valence-electron chi connectivity index (χ1n) is 10.0. The highest BCUT2D eigenvalue weighted by molar-refractivity contribution is 5.96. The van der Waals surface area contributed by atoms with Crippen molar-refractivity contribution < 1.29 is 4.84 Å². The maximum Gasteiger partial charge on any atom is 0.177 e. The molecule has 0 aliphatic rings. The van der Waals surface area contributed by atoms with Gasteiger partial charge in [-0.3, -0.25) is 4.98 Å². The SMILES string of the molecule is CC(=NOCc1ccccc1)c1ccc2nnc(Cc3ccc4ncccc4c3)n2n1. The number of hydrogen-bond donors (Lipinski definition) is 0. The van der Waals surface area contributed by atoms with Gasteiger partial charge in [0.1, 0.15) is 18.0 Å². The Hall–Kier alpha value is -4.13. The molecule has 7 heteroatoms. The normalized spacial score (nSPS) is 11.8. The molecule has 7 nitrogen and oxygen atoms in total. The number of benzene rings is 2. The Balaban J connectivity index is 1.37. The van der Waals surface area contributed by atoms with Crippen LogP contribution in [0.4, 0.5) is 0 Å². The predicted molar refractivity (Wildman–Crippen MR) is 119 cm³/mol. The largest absolute Gasteiger partial charge is 0.391 e. The first kappa shape index (κ1) is 18.9. The molecule has 0 aliphatic carbocycles. The van der Waals surface area contributed by atoms with Crippen molar-refractivity contribution in [3.63, 3.8) is 0 Å². The van der Waals surface area contributed by atoms with Crippen LogP contribution in [0.5, 0.6) is 0 Å². The highest BCUT2D eigenvalue weighted by Crippen LogP contribution is 2.16.